The van der Waals surface area contributed by atoms with Gasteiger partial charge in [-0.05, 0) is 19.9 Å². The van der Waals surface area contributed by atoms with Gasteiger partial charge in [0.15, 0.2) is 5.01 Å². The number of para-hydroxylation sites is 1. The Kier molecular flexibility index (Phi) is 4.28. The van der Waals surface area contributed by atoms with E-state index in [1.54, 1.807) is 26.0 Å². The predicted molar refractivity (Wildman–Crippen MR) is 88.8 cm³/mol. The van der Waals surface area contributed by atoms with E-state index in [0.717, 1.165) is 15.9 Å². The van der Waals surface area contributed by atoms with Crippen LogP contribution in [0.15, 0.2) is 29.1 Å². The van der Waals surface area contributed by atoms with Crippen molar-refractivity contribution in [1.82, 2.24) is 14.6 Å². The van der Waals surface area contributed by atoms with E-state index in [9.17, 15) is 19.7 Å². The quantitative estimate of drug-likeness (QED) is 0.397. The number of nitrogens with zero attached hydrogens (tertiary/aromatic N) is 4. The number of esters is 1. The maximum Gasteiger partial charge on any atom is 0.345 e. The fraction of sp³-hybridized carbons (Fsp3) is 0.200. The highest BCUT2D eigenvalue weighted by molar-refractivity contribution is 7.16. The van der Waals surface area contributed by atoms with Gasteiger partial charge in [-0.3, -0.25) is 14.9 Å². The summed E-state index contributed by atoms with van der Waals surface area (Å²) in [5.41, 5.74) is 0.187. The van der Waals surface area contributed by atoms with Crippen LogP contribution in [0.5, 0.6) is 0 Å². The van der Waals surface area contributed by atoms with Crippen LogP contribution in [-0.2, 0) is 11.3 Å². The van der Waals surface area contributed by atoms with Crippen LogP contribution < -0.4 is 5.56 Å². The summed E-state index contributed by atoms with van der Waals surface area (Å²) >= 11 is 1.11. The number of benzene rings is 1. The van der Waals surface area contributed by atoms with Gasteiger partial charge >= 0.3 is 5.97 Å². The molecular formula is C15H12N4O5S. The molecule has 0 atom stereocenters. The van der Waals surface area contributed by atoms with Gasteiger partial charge in [-0.15, -0.1) is 0 Å². The highest BCUT2D eigenvalue weighted by Crippen LogP contribution is 2.24. The lowest BCUT2D eigenvalue weighted by Gasteiger charge is -2.05. The molecule has 1 aromatic carbocycles. The first-order valence-corrected chi connectivity index (χ1v) is 7.96. The molecule has 0 N–H and O–H groups in total. The van der Waals surface area contributed by atoms with Crippen molar-refractivity contribution >= 4 is 28.0 Å². The average molecular weight is 360 g/mol. The Labute approximate surface area is 144 Å². The molecule has 0 fully saturated rings. The third kappa shape index (κ3) is 3.24. The van der Waals surface area contributed by atoms with Crippen LogP contribution in [0.3, 0.4) is 0 Å². The first-order valence-electron chi connectivity index (χ1n) is 7.14. The first kappa shape index (κ1) is 16.7. The lowest BCUT2D eigenvalue weighted by Crippen LogP contribution is -2.14. The molecule has 0 aliphatic heterocycles. The zero-order valence-corrected chi connectivity index (χ0v) is 14.1. The van der Waals surface area contributed by atoms with E-state index in [1.807, 2.05) is 0 Å². The van der Waals surface area contributed by atoms with Crippen molar-refractivity contribution < 1.29 is 14.5 Å². The van der Waals surface area contributed by atoms with E-state index < -0.39 is 10.9 Å². The molecular weight excluding hydrogens is 348 g/mol. The van der Waals surface area contributed by atoms with Gasteiger partial charge < -0.3 is 4.74 Å². The Morgan fingerprint density at radius 3 is 2.88 bits per heavy atom. The predicted octanol–water partition coefficient (Wildman–Crippen LogP) is 2.03. The van der Waals surface area contributed by atoms with Crippen molar-refractivity contribution in [2.75, 3.05) is 0 Å². The van der Waals surface area contributed by atoms with Crippen LogP contribution in [0.1, 0.15) is 26.6 Å². The molecule has 0 aliphatic rings. The molecule has 0 saturated heterocycles. The minimum absolute atomic E-state index is 0.128. The smallest absolute Gasteiger partial charge is 0.345 e. The molecule has 0 saturated carbocycles. The van der Waals surface area contributed by atoms with Crippen LogP contribution in [0, 0.1) is 24.0 Å². The van der Waals surface area contributed by atoms with Crippen molar-refractivity contribution in [1.29, 1.82) is 0 Å². The maximum atomic E-state index is 12.2. The lowest BCUT2D eigenvalue weighted by atomic mass is 10.1. The summed E-state index contributed by atoms with van der Waals surface area (Å²) in [4.78, 5) is 39.1. The van der Waals surface area contributed by atoms with Crippen molar-refractivity contribution in [3.8, 4) is 0 Å². The van der Waals surface area contributed by atoms with E-state index in [4.69, 9.17) is 4.74 Å². The summed E-state index contributed by atoms with van der Waals surface area (Å²) in [5, 5.41) is 15.6. The standard InChI is InChI=1S/C15H12N4O5S/c1-8-4-3-5-10(13(8)19(22)23)14(21)24-7-11-17-18-12(20)6-9(2)16-15(18)25-11/h3-6H,7H2,1-2H3. The minimum Gasteiger partial charge on any atom is -0.454 e. The number of ether oxygens (including phenoxy) is 1. The molecule has 128 valence electrons. The van der Waals surface area contributed by atoms with Gasteiger partial charge in [-0.2, -0.15) is 9.61 Å². The Balaban J connectivity index is 1.84. The Bertz CT molecular complexity index is 1060. The molecule has 2 heterocycles. The second-order valence-corrected chi connectivity index (χ2v) is 6.27. The number of rotatable bonds is 4. The number of fused-ring (bicyclic) bond motifs is 1. The number of hydrogen-bond acceptors (Lipinski definition) is 8. The summed E-state index contributed by atoms with van der Waals surface area (Å²) in [6.07, 6.45) is 0. The lowest BCUT2D eigenvalue weighted by molar-refractivity contribution is -0.385. The summed E-state index contributed by atoms with van der Waals surface area (Å²) in [6, 6.07) is 5.77. The fourth-order valence-electron chi connectivity index (χ4n) is 2.29. The summed E-state index contributed by atoms with van der Waals surface area (Å²) in [6.45, 7) is 3.02. The molecule has 0 unspecified atom stereocenters. The first-order chi connectivity index (χ1) is 11.9. The van der Waals surface area contributed by atoms with Gasteiger partial charge in [-0.1, -0.05) is 23.5 Å². The molecule has 0 aliphatic carbocycles. The largest absolute Gasteiger partial charge is 0.454 e. The van der Waals surface area contributed by atoms with E-state index in [0.29, 0.717) is 21.2 Å². The van der Waals surface area contributed by atoms with E-state index in [2.05, 4.69) is 10.1 Å². The number of nitro benzene ring substituents is 1. The monoisotopic (exact) mass is 360 g/mol. The normalized spacial score (nSPS) is 10.8. The second kappa shape index (κ2) is 6.40. The van der Waals surface area contributed by atoms with Gasteiger partial charge in [0.05, 0.1) is 4.92 Å². The SMILES string of the molecule is Cc1cc(=O)n2nc(COC(=O)c3cccc(C)c3[N+](=O)[O-])sc2n1. The third-order valence-electron chi connectivity index (χ3n) is 3.38. The van der Waals surface area contributed by atoms with Gasteiger partial charge in [0.25, 0.3) is 11.2 Å². The third-order valence-corrected chi connectivity index (χ3v) is 4.26. The van der Waals surface area contributed by atoms with Gasteiger partial charge in [0.2, 0.25) is 4.96 Å². The number of carbonyl (C=O) groups excluding carboxylic acids is 1. The van der Waals surface area contributed by atoms with Gasteiger partial charge in [0, 0.05) is 17.3 Å². The van der Waals surface area contributed by atoms with Crippen molar-refractivity contribution in [3.63, 3.8) is 0 Å². The number of aromatic nitrogens is 3. The van der Waals surface area contributed by atoms with Gasteiger partial charge in [0.1, 0.15) is 12.2 Å². The van der Waals surface area contributed by atoms with E-state index in [1.165, 1.54) is 12.1 Å². The molecule has 0 amide bonds. The molecule has 3 rings (SSSR count). The Morgan fingerprint density at radius 1 is 1.40 bits per heavy atom. The topological polar surface area (TPSA) is 117 Å². The molecule has 0 bridgehead atoms. The molecule has 10 heteroatoms. The number of carbonyl (C=O) groups is 1. The molecule has 2 aromatic heterocycles. The van der Waals surface area contributed by atoms with Gasteiger partial charge in [-0.25, -0.2) is 9.78 Å². The molecule has 3 aromatic rings. The Hall–Kier alpha value is -3.14. The van der Waals surface area contributed by atoms with Crippen LogP contribution in [0.25, 0.3) is 4.96 Å². The van der Waals surface area contributed by atoms with E-state index in [-0.39, 0.29) is 23.4 Å². The van der Waals surface area contributed by atoms with Crippen molar-refractivity contribution in [2.24, 2.45) is 0 Å². The highest BCUT2D eigenvalue weighted by Gasteiger charge is 2.24. The number of hydrogen-bond donors (Lipinski definition) is 0. The minimum atomic E-state index is -0.828. The highest BCUT2D eigenvalue weighted by atomic mass is 32.1. The zero-order valence-electron chi connectivity index (χ0n) is 13.3. The average Bonchev–Trinajstić information content (AvgIpc) is 2.95. The second-order valence-electron chi connectivity index (χ2n) is 5.23. The fourth-order valence-corrected chi connectivity index (χ4v) is 3.15. The molecule has 25 heavy (non-hydrogen) atoms. The van der Waals surface area contributed by atoms with Crippen LogP contribution >= 0.6 is 11.3 Å². The summed E-state index contributed by atoms with van der Waals surface area (Å²) < 4.78 is 6.24. The molecule has 0 spiro atoms. The Morgan fingerprint density at radius 2 is 2.16 bits per heavy atom. The number of nitro groups is 1. The number of aryl methyl sites for hydroxylation is 2. The zero-order chi connectivity index (χ0) is 18.1. The van der Waals surface area contributed by atoms with Crippen LogP contribution in [0.4, 0.5) is 5.69 Å². The summed E-state index contributed by atoms with van der Waals surface area (Å²) in [7, 11) is 0. The van der Waals surface area contributed by atoms with Crippen LogP contribution in [-0.4, -0.2) is 25.5 Å². The molecule has 0 radical (unpaired) electrons. The summed E-state index contributed by atoms with van der Waals surface area (Å²) in [5.74, 6) is -0.828. The van der Waals surface area contributed by atoms with Crippen LogP contribution in [0.2, 0.25) is 0 Å². The van der Waals surface area contributed by atoms with Crippen molar-refractivity contribution in [3.05, 3.63) is 66.6 Å². The molecule has 9 nitrogen and oxygen atoms in total. The van der Waals surface area contributed by atoms with E-state index >= 15 is 0 Å². The maximum absolute atomic E-state index is 12.2. The van der Waals surface area contributed by atoms with Crippen molar-refractivity contribution in [2.45, 2.75) is 20.5 Å².